The van der Waals surface area contributed by atoms with Crippen LogP contribution >= 0.6 is 0 Å². The van der Waals surface area contributed by atoms with Gasteiger partial charge >= 0.3 is 5.97 Å². The fourth-order valence-corrected chi connectivity index (χ4v) is 2.93. The van der Waals surface area contributed by atoms with E-state index in [9.17, 15) is 4.79 Å². The van der Waals surface area contributed by atoms with E-state index in [4.69, 9.17) is 4.74 Å². The third-order valence-corrected chi connectivity index (χ3v) is 4.08. The molecule has 0 unspecified atom stereocenters. The predicted molar refractivity (Wildman–Crippen MR) is 84.4 cm³/mol. The van der Waals surface area contributed by atoms with Crippen molar-refractivity contribution in [1.82, 2.24) is 0 Å². The molecule has 1 atom stereocenters. The SMILES string of the molecule is CC(=O)O/C1=C/[C@@H](C)CCCCCCCCCCCC1. The summed E-state index contributed by atoms with van der Waals surface area (Å²) in [6.45, 7) is 3.74. The van der Waals surface area contributed by atoms with Gasteiger partial charge in [0.05, 0.1) is 0 Å². The molecule has 2 heteroatoms. The molecule has 0 aromatic heterocycles. The molecule has 1 aliphatic rings. The van der Waals surface area contributed by atoms with Gasteiger partial charge in [0.15, 0.2) is 0 Å². The topological polar surface area (TPSA) is 26.3 Å². The van der Waals surface area contributed by atoms with Crippen LogP contribution in [0.25, 0.3) is 0 Å². The third kappa shape index (κ3) is 9.17. The van der Waals surface area contributed by atoms with Crippen molar-refractivity contribution < 1.29 is 9.53 Å². The van der Waals surface area contributed by atoms with Crippen molar-refractivity contribution in [2.24, 2.45) is 5.92 Å². The van der Waals surface area contributed by atoms with Crippen molar-refractivity contribution in [2.45, 2.75) is 90.9 Å². The second-order valence-electron chi connectivity index (χ2n) is 6.28. The highest BCUT2D eigenvalue weighted by Crippen LogP contribution is 2.20. The standard InChI is InChI=1S/C18H32O2/c1-16-13-11-9-7-5-3-4-6-8-10-12-14-18(15-16)20-17(2)19/h15-16H,3-14H2,1-2H3/b18-15+/t16-/m0/s1. The van der Waals surface area contributed by atoms with Crippen LogP contribution in [0, 0.1) is 5.92 Å². The highest BCUT2D eigenvalue weighted by Gasteiger charge is 2.07. The first-order chi connectivity index (χ1) is 9.68. The van der Waals surface area contributed by atoms with Gasteiger partial charge in [-0.25, -0.2) is 0 Å². The van der Waals surface area contributed by atoms with Crippen LogP contribution in [0.3, 0.4) is 0 Å². The molecule has 0 radical (unpaired) electrons. The Morgan fingerprint density at radius 1 is 0.950 bits per heavy atom. The molecular weight excluding hydrogens is 248 g/mol. The summed E-state index contributed by atoms with van der Waals surface area (Å²) in [7, 11) is 0. The maximum Gasteiger partial charge on any atom is 0.307 e. The summed E-state index contributed by atoms with van der Waals surface area (Å²) in [4.78, 5) is 11.2. The van der Waals surface area contributed by atoms with Gasteiger partial charge in [-0.3, -0.25) is 4.79 Å². The van der Waals surface area contributed by atoms with Gasteiger partial charge in [0, 0.05) is 13.3 Å². The number of rotatable bonds is 1. The summed E-state index contributed by atoms with van der Waals surface area (Å²) in [5, 5.41) is 0. The summed E-state index contributed by atoms with van der Waals surface area (Å²) in [6, 6.07) is 0. The van der Waals surface area contributed by atoms with Crippen LogP contribution in [0.4, 0.5) is 0 Å². The van der Waals surface area contributed by atoms with E-state index in [0.717, 1.165) is 18.6 Å². The van der Waals surface area contributed by atoms with Gasteiger partial charge in [0.2, 0.25) is 0 Å². The fraction of sp³-hybridized carbons (Fsp3) is 0.833. The maximum absolute atomic E-state index is 11.2. The number of carbonyl (C=O) groups is 1. The van der Waals surface area contributed by atoms with E-state index in [0.29, 0.717) is 5.92 Å². The molecule has 0 aromatic carbocycles. The highest BCUT2D eigenvalue weighted by atomic mass is 16.5. The third-order valence-electron chi connectivity index (χ3n) is 4.08. The van der Waals surface area contributed by atoms with Gasteiger partial charge in [0.25, 0.3) is 0 Å². The number of carbonyl (C=O) groups excluding carboxylic acids is 1. The second kappa shape index (κ2) is 10.9. The van der Waals surface area contributed by atoms with Crippen LogP contribution in [0.2, 0.25) is 0 Å². The zero-order valence-electron chi connectivity index (χ0n) is 13.5. The molecule has 20 heavy (non-hydrogen) atoms. The summed E-state index contributed by atoms with van der Waals surface area (Å²) < 4.78 is 5.37. The van der Waals surface area contributed by atoms with Crippen molar-refractivity contribution in [2.75, 3.05) is 0 Å². The van der Waals surface area contributed by atoms with E-state index in [-0.39, 0.29) is 5.97 Å². The lowest BCUT2D eigenvalue weighted by Crippen LogP contribution is -2.02. The highest BCUT2D eigenvalue weighted by molar-refractivity contribution is 5.67. The van der Waals surface area contributed by atoms with E-state index in [1.54, 1.807) is 0 Å². The van der Waals surface area contributed by atoms with Crippen LogP contribution in [0.1, 0.15) is 90.9 Å². The lowest BCUT2D eigenvalue weighted by atomic mass is 10.0. The lowest BCUT2D eigenvalue weighted by molar-refractivity contribution is -0.137. The zero-order chi connectivity index (χ0) is 14.6. The minimum Gasteiger partial charge on any atom is -0.432 e. The summed E-state index contributed by atoms with van der Waals surface area (Å²) in [5.41, 5.74) is 0. The molecule has 0 spiro atoms. The first kappa shape index (κ1) is 17.3. The Bertz CT molecular complexity index is 294. The molecule has 116 valence electrons. The molecule has 1 rings (SSSR count). The second-order valence-corrected chi connectivity index (χ2v) is 6.28. The zero-order valence-corrected chi connectivity index (χ0v) is 13.5. The number of ether oxygens (including phenoxy) is 1. The molecule has 2 nitrogen and oxygen atoms in total. The average Bonchev–Trinajstić information content (AvgIpc) is 2.39. The number of hydrogen-bond acceptors (Lipinski definition) is 2. The summed E-state index contributed by atoms with van der Waals surface area (Å²) in [6.07, 6.45) is 17.6. The molecule has 0 N–H and O–H groups in total. The van der Waals surface area contributed by atoms with Gasteiger partial charge < -0.3 is 4.74 Å². The molecule has 0 aromatic rings. The van der Waals surface area contributed by atoms with Gasteiger partial charge in [0.1, 0.15) is 5.76 Å². The van der Waals surface area contributed by atoms with Crippen LogP contribution in [0.5, 0.6) is 0 Å². The quantitative estimate of drug-likeness (QED) is 0.570. The van der Waals surface area contributed by atoms with E-state index in [1.165, 1.54) is 71.1 Å². The van der Waals surface area contributed by atoms with E-state index in [1.807, 2.05) is 0 Å². The molecule has 0 aliphatic heterocycles. The Hall–Kier alpha value is -0.790. The Morgan fingerprint density at radius 2 is 1.45 bits per heavy atom. The van der Waals surface area contributed by atoms with Crippen molar-refractivity contribution in [3.8, 4) is 0 Å². The number of hydrogen-bond donors (Lipinski definition) is 0. The first-order valence-corrected chi connectivity index (χ1v) is 8.57. The van der Waals surface area contributed by atoms with Crippen LogP contribution in [-0.4, -0.2) is 5.97 Å². The molecular formula is C18H32O2. The van der Waals surface area contributed by atoms with Gasteiger partial charge in [-0.05, 0) is 24.8 Å². The van der Waals surface area contributed by atoms with Crippen LogP contribution in [0.15, 0.2) is 11.8 Å². The summed E-state index contributed by atoms with van der Waals surface area (Å²) >= 11 is 0. The Kier molecular flexibility index (Phi) is 9.44. The maximum atomic E-state index is 11.2. The monoisotopic (exact) mass is 280 g/mol. The molecule has 0 saturated heterocycles. The van der Waals surface area contributed by atoms with Gasteiger partial charge in [-0.15, -0.1) is 0 Å². The molecule has 1 aliphatic carbocycles. The Morgan fingerprint density at radius 3 is 2.00 bits per heavy atom. The normalized spacial score (nSPS) is 26.7. The summed E-state index contributed by atoms with van der Waals surface area (Å²) in [5.74, 6) is 1.25. The van der Waals surface area contributed by atoms with Gasteiger partial charge in [-0.1, -0.05) is 64.7 Å². The number of esters is 1. The van der Waals surface area contributed by atoms with Crippen LogP contribution < -0.4 is 0 Å². The molecule has 0 amide bonds. The minimum absolute atomic E-state index is 0.179. The average molecular weight is 280 g/mol. The fourth-order valence-electron chi connectivity index (χ4n) is 2.93. The van der Waals surface area contributed by atoms with E-state index >= 15 is 0 Å². The smallest absolute Gasteiger partial charge is 0.307 e. The molecule has 0 heterocycles. The van der Waals surface area contributed by atoms with E-state index < -0.39 is 0 Å². The van der Waals surface area contributed by atoms with Crippen molar-refractivity contribution in [1.29, 1.82) is 0 Å². The van der Waals surface area contributed by atoms with Crippen LogP contribution in [-0.2, 0) is 9.53 Å². The van der Waals surface area contributed by atoms with Crippen molar-refractivity contribution in [3.63, 3.8) is 0 Å². The minimum atomic E-state index is -0.179. The molecule has 0 bridgehead atoms. The first-order valence-electron chi connectivity index (χ1n) is 8.57. The Labute approximate surface area is 125 Å². The molecule has 0 fully saturated rings. The number of allylic oxidation sites excluding steroid dienone is 2. The van der Waals surface area contributed by atoms with E-state index in [2.05, 4.69) is 13.0 Å². The molecule has 0 saturated carbocycles. The predicted octanol–water partition coefficient (Wildman–Crippen LogP) is 5.76. The van der Waals surface area contributed by atoms with Crippen molar-refractivity contribution in [3.05, 3.63) is 11.8 Å². The lowest BCUT2D eigenvalue weighted by Gasteiger charge is -2.11. The van der Waals surface area contributed by atoms with Crippen molar-refractivity contribution >= 4 is 5.97 Å². The van der Waals surface area contributed by atoms with Gasteiger partial charge in [-0.2, -0.15) is 0 Å². The Balaban J connectivity index is 2.49. The largest absolute Gasteiger partial charge is 0.432 e.